The van der Waals surface area contributed by atoms with Gasteiger partial charge in [-0.25, -0.2) is 0 Å². The molecule has 0 spiro atoms. The Morgan fingerprint density at radius 2 is 1.84 bits per heavy atom. The van der Waals surface area contributed by atoms with E-state index in [1.807, 2.05) is 24.3 Å². The molecule has 25 heavy (non-hydrogen) atoms. The number of nitrogens with zero attached hydrogens (tertiary/aromatic N) is 1. The third-order valence-electron chi connectivity index (χ3n) is 3.50. The molecular formula is C18H18NO5P. The molecule has 0 heterocycles. The Kier molecular flexibility index (Phi) is 6.11. The molecule has 2 rings (SSSR count). The van der Waals surface area contributed by atoms with E-state index in [0.717, 1.165) is 18.1 Å². The van der Waals surface area contributed by atoms with Gasteiger partial charge in [0.15, 0.2) is 0 Å². The van der Waals surface area contributed by atoms with Gasteiger partial charge in [-0.1, -0.05) is 30.9 Å². The van der Waals surface area contributed by atoms with Gasteiger partial charge in [-0.15, -0.1) is 0 Å². The monoisotopic (exact) mass is 359 g/mol. The second-order valence-corrected chi connectivity index (χ2v) is 6.98. The molecule has 0 saturated carbocycles. The average Bonchev–Trinajstić information content (AvgIpc) is 2.60. The Labute approximate surface area is 146 Å². The normalized spacial score (nSPS) is 12.8. The van der Waals surface area contributed by atoms with Gasteiger partial charge in [0.1, 0.15) is 0 Å². The van der Waals surface area contributed by atoms with Crippen LogP contribution in [0.1, 0.15) is 30.5 Å². The second kappa shape index (κ2) is 8.09. The van der Waals surface area contributed by atoms with E-state index >= 15 is 0 Å². The number of non-ortho nitro benzene ring substituents is 1. The van der Waals surface area contributed by atoms with Crippen molar-refractivity contribution in [3.8, 4) is 11.8 Å². The molecule has 0 saturated heterocycles. The quantitative estimate of drug-likeness (QED) is 0.382. The highest BCUT2D eigenvalue weighted by atomic mass is 31.2. The molecule has 0 bridgehead atoms. The maximum atomic E-state index is 12.3. The molecule has 7 heteroatoms. The maximum Gasteiger partial charge on any atom is 0.360 e. The summed E-state index contributed by atoms with van der Waals surface area (Å²) in [5.74, 6) is 5.72. The van der Waals surface area contributed by atoms with E-state index in [9.17, 15) is 19.6 Å². The fraction of sp³-hybridized carbons (Fsp3) is 0.222. The van der Waals surface area contributed by atoms with Crippen LogP contribution in [0.25, 0.3) is 0 Å². The molecule has 1 atom stereocenters. The first-order valence-corrected chi connectivity index (χ1v) is 9.32. The Morgan fingerprint density at radius 1 is 1.16 bits per heavy atom. The van der Waals surface area contributed by atoms with Crippen LogP contribution in [0.15, 0.2) is 42.5 Å². The van der Waals surface area contributed by atoms with Crippen LogP contribution < -0.4 is 5.30 Å². The van der Waals surface area contributed by atoms with Crippen LogP contribution in [0.3, 0.4) is 0 Å². The van der Waals surface area contributed by atoms with Crippen LogP contribution >= 0.6 is 7.60 Å². The SMILES string of the molecule is CCOP(=O)(O)c1cc([N+](=O)[O-])ccc1C#Cc1ccc(CC)cc1. The van der Waals surface area contributed by atoms with Gasteiger partial charge < -0.3 is 9.42 Å². The standard InChI is InChI=1S/C18H18NO5P/c1-3-14-5-7-15(8-6-14)9-10-16-11-12-17(19(20)21)13-18(16)25(22,23)24-4-2/h5-8,11-13H,3-4H2,1-2H3,(H,22,23). The molecule has 130 valence electrons. The van der Waals surface area contributed by atoms with Gasteiger partial charge in [-0.3, -0.25) is 14.7 Å². The molecule has 2 aromatic rings. The van der Waals surface area contributed by atoms with Crippen molar-refractivity contribution in [3.63, 3.8) is 0 Å². The summed E-state index contributed by atoms with van der Waals surface area (Å²) in [5.41, 5.74) is 1.86. The van der Waals surface area contributed by atoms with Crippen molar-refractivity contribution < 1.29 is 18.9 Å². The minimum absolute atomic E-state index is 0.00180. The summed E-state index contributed by atoms with van der Waals surface area (Å²) in [6.07, 6.45) is 0.919. The van der Waals surface area contributed by atoms with Gasteiger partial charge in [0.05, 0.1) is 16.8 Å². The number of hydrogen-bond donors (Lipinski definition) is 1. The number of benzene rings is 2. The predicted octanol–water partition coefficient (Wildman–Crippen LogP) is 3.40. The lowest BCUT2D eigenvalue weighted by atomic mass is 10.1. The van der Waals surface area contributed by atoms with Crippen LogP contribution in [0, 0.1) is 22.0 Å². The smallest absolute Gasteiger partial charge is 0.321 e. The molecule has 0 radical (unpaired) electrons. The van der Waals surface area contributed by atoms with E-state index in [2.05, 4.69) is 18.8 Å². The molecule has 0 fully saturated rings. The highest BCUT2D eigenvalue weighted by molar-refractivity contribution is 7.61. The zero-order chi connectivity index (χ0) is 18.4. The van der Waals surface area contributed by atoms with Crippen LogP contribution in [0.4, 0.5) is 5.69 Å². The van der Waals surface area contributed by atoms with E-state index in [4.69, 9.17) is 4.52 Å². The van der Waals surface area contributed by atoms with E-state index < -0.39 is 12.5 Å². The summed E-state index contributed by atoms with van der Waals surface area (Å²) in [6, 6.07) is 11.3. The lowest BCUT2D eigenvalue weighted by molar-refractivity contribution is -0.384. The van der Waals surface area contributed by atoms with Gasteiger partial charge in [-0.2, -0.15) is 0 Å². The van der Waals surface area contributed by atoms with Crippen LogP contribution in [0.5, 0.6) is 0 Å². The summed E-state index contributed by atoms with van der Waals surface area (Å²) in [6.45, 7) is 3.62. The molecule has 0 aliphatic carbocycles. The Hall–Kier alpha value is -2.45. The Balaban J connectivity index is 2.48. The minimum Gasteiger partial charge on any atom is -0.321 e. The van der Waals surface area contributed by atoms with Gasteiger partial charge in [-0.05, 0) is 37.1 Å². The minimum atomic E-state index is -4.19. The first-order valence-electron chi connectivity index (χ1n) is 7.74. The fourth-order valence-corrected chi connectivity index (χ4v) is 3.40. The highest BCUT2D eigenvalue weighted by Crippen LogP contribution is 2.42. The predicted molar refractivity (Wildman–Crippen MR) is 96.0 cm³/mol. The van der Waals surface area contributed by atoms with E-state index in [1.165, 1.54) is 17.7 Å². The van der Waals surface area contributed by atoms with E-state index in [0.29, 0.717) is 0 Å². The molecule has 1 N–H and O–H groups in total. The Bertz CT molecular complexity index is 881. The van der Waals surface area contributed by atoms with Crippen molar-refractivity contribution in [3.05, 3.63) is 69.3 Å². The molecule has 0 amide bonds. The van der Waals surface area contributed by atoms with Crippen molar-refractivity contribution >= 4 is 18.6 Å². The summed E-state index contributed by atoms with van der Waals surface area (Å²) in [5, 5.41) is 10.8. The molecule has 2 aromatic carbocycles. The van der Waals surface area contributed by atoms with Gasteiger partial charge in [0.2, 0.25) is 0 Å². The fourth-order valence-electron chi connectivity index (χ4n) is 2.18. The van der Waals surface area contributed by atoms with Crippen LogP contribution in [-0.4, -0.2) is 16.4 Å². The summed E-state index contributed by atoms with van der Waals surface area (Å²) in [4.78, 5) is 20.4. The van der Waals surface area contributed by atoms with Crippen molar-refractivity contribution in [2.24, 2.45) is 0 Å². The third-order valence-corrected chi connectivity index (χ3v) is 5.09. The van der Waals surface area contributed by atoms with Gasteiger partial charge in [0, 0.05) is 23.3 Å². The summed E-state index contributed by atoms with van der Waals surface area (Å²) >= 11 is 0. The first-order chi connectivity index (χ1) is 11.9. The average molecular weight is 359 g/mol. The van der Waals surface area contributed by atoms with Crippen LogP contribution in [0.2, 0.25) is 0 Å². The zero-order valence-corrected chi connectivity index (χ0v) is 14.8. The first kappa shape index (κ1) is 18.9. The summed E-state index contributed by atoms with van der Waals surface area (Å²) < 4.78 is 17.2. The molecule has 6 nitrogen and oxygen atoms in total. The van der Waals surface area contributed by atoms with E-state index in [-0.39, 0.29) is 23.2 Å². The number of nitro groups is 1. The lowest BCUT2D eigenvalue weighted by Gasteiger charge is -2.12. The molecular weight excluding hydrogens is 341 g/mol. The van der Waals surface area contributed by atoms with E-state index in [1.54, 1.807) is 6.92 Å². The second-order valence-electron chi connectivity index (χ2n) is 5.20. The number of nitro benzene ring substituents is 1. The largest absolute Gasteiger partial charge is 0.360 e. The van der Waals surface area contributed by atoms with Crippen molar-refractivity contribution in [1.29, 1.82) is 0 Å². The Morgan fingerprint density at radius 3 is 2.40 bits per heavy atom. The van der Waals surface area contributed by atoms with Gasteiger partial charge >= 0.3 is 7.60 Å². The number of hydrogen-bond acceptors (Lipinski definition) is 4. The topological polar surface area (TPSA) is 89.7 Å². The number of aryl methyl sites for hydroxylation is 1. The zero-order valence-electron chi connectivity index (χ0n) is 13.9. The third kappa shape index (κ3) is 4.77. The molecule has 0 aliphatic rings. The molecule has 0 aliphatic heterocycles. The lowest BCUT2D eigenvalue weighted by Crippen LogP contribution is -2.12. The summed E-state index contributed by atoms with van der Waals surface area (Å²) in [7, 11) is -4.19. The van der Waals surface area contributed by atoms with Crippen molar-refractivity contribution in [2.45, 2.75) is 20.3 Å². The van der Waals surface area contributed by atoms with Crippen molar-refractivity contribution in [2.75, 3.05) is 6.61 Å². The maximum absolute atomic E-state index is 12.3. The molecule has 0 aromatic heterocycles. The molecule has 1 unspecified atom stereocenters. The number of rotatable bonds is 5. The van der Waals surface area contributed by atoms with Crippen LogP contribution in [-0.2, 0) is 15.5 Å². The highest BCUT2D eigenvalue weighted by Gasteiger charge is 2.27. The van der Waals surface area contributed by atoms with Crippen molar-refractivity contribution in [1.82, 2.24) is 0 Å². The van der Waals surface area contributed by atoms with Gasteiger partial charge in [0.25, 0.3) is 5.69 Å².